The monoisotopic (exact) mass is 505 g/mol. The van der Waals surface area contributed by atoms with E-state index in [1.807, 2.05) is 61.7 Å². The lowest BCUT2D eigenvalue weighted by Crippen LogP contribution is -2.24. The van der Waals surface area contributed by atoms with E-state index in [9.17, 15) is 4.79 Å². The third-order valence-electron chi connectivity index (χ3n) is 4.97. The van der Waals surface area contributed by atoms with Crippen LogP contribution in [0.15, 0.2) is 67.1 Å². The minimum atomic E-state index is 0.0196. The fraction of sp³-hybridized carbons (Fsp3) is 0.154. The van der Waals surface area contributed by atoms with Gasteiger partial charge in [-0.3, -0.25) is 9.78 Å². The van der Waals surface area contributed by atoms with E-state index < -0.39 is 0 Å². The lowest BCUT2D eigenvalue weighted by Gasteiger charge is -2.12. The van der Waals surface area contributed by atoms with Gasteiger partial charge in [-0.15, -0.1) is 0 Å². The van der Waals surface area contributed by atoms with Crippen LogP contribution in [0.4, 0.5) is 11.5 Å². The Bertz CT molecular complexity index is 1360. The molecule has 178 valence electrons. The topological polar surface area (TPSA) is 89.0 Å². The van der Waals surface area contributed by atoms with Gasteiger partial charge in [0.05, 0.1) is 22.5 Å². The van der Waals surface area contributed by atoms with Crippen LogP contribution in [0.1, 0.15) is 11.3 Å². The first kappa shape index (κ1) is 24.5. The summed E-state index contributed by atoms with van der Waals surface area (Å²) in [4.78, 5) is 24.6. The molecule has 4 rings (SSSR count). The summed E-state index contributed by atoms with van der Waals surface area (Å²) >= 11 is 7.97. The Kier molecular flexibility index (Phi) is 8.18. The molecule has 2 aromatic heterocycles. The van der Waals surface area contributed by atoms with Crippen LogP contribution in [0, 0.1) is 6.92 Å². The number of aromatic nitrogens is 3. The number of benzene rings is 2. The molecular formula is C26H24ClN5O2S. The highest BCUT2D eigenvalue weighted by atomic mass is 35.5. The first-order chi connectivity index (χ1) is 17.0. The van der Waals surface area contributed by atoms with Crippen molar-refractivity contribution in [3.8, 4) is 11.5 Å². The fourth-order valence-corrected chi connectivity index (χ4v) is 3.85. The molecule has 35 heavy (non-hydrogen) atoms. The van der Waals surface area contributed by atoms with Crippen molar-refractivity contribution in [1.29, 1.82) is 0 Å². The Morgan fingerprint density at radius 2 is 2.00 bits per heavy atom. The van der Waals surface area contributed by atoms with E-state index in [2.05, 4.69) is 25.6 Å². The molecule has 0 saturated heterocycles. The first-order valence-corrected chi connectivity index (χ1v) is 12.6. The summed E-state index contributed by atoms with van der Waals surface area (Å²) in [5, 5.41) is 7.50. The molecule has 7 nitrogen and oxygen atoms in total. The maximum Gasteiger partial charge on any atom is 0.230 e. The molecule has 0 bridgehead atoms. The number of nitrogens with zero attached hydrogens (tertiary/aromatic N) is 3. The number of hydrogen-bond acceptors (Lipinski definition) is 7. The third-order valence-corrected chi connectivity index (χ3v) is 5.82. The van der Waals surface area contributed by atoms with Crippen molar-refractivity contribution in [2.75, 3.05) is 23.9 Å². The second-order valence-electron chi connectivity index (χ2n) is 7.65. The zero-order valence-electron chi connectivity index (χ0n) is 19.3. The number of halogens is 1. The molecule has 0 aliphatic carbocycles. The number of aryl methyl sites for hydroxylation is 1. The van der Waals surface area contributed by atoms with Gasteiger partial charge in [-0.1, -0.05) is 29.8 Å². The van der Waals surface area contributed by atoms with Crippen molar-refractivity contribution in [2.45, 2.75) is 6.92 Å². The Morgan fingerprint density at radius 3 is 2.77 bits per heavy atom. The zero-order valence-corrected chi connectivity index (χ0v) is 20.9. The maximum atomic E-state index is 11.6. The number of anilines is 2. The Hall–Kier alpha value is -3.62. The summed E-state index contributed by atoms with van der Waals surface area (Å²) < 4.78 is 5.85. The van der Waals surface area contributed by atoms with Crippen LogP contribution < -0.4 is 15.4 Å². The van der Waals surface area contributed by atoms with Crippen molar-refractivity contribution in [1.82, 2.24) is 20.3 Å². The molecule has 2 N–H and O–H groups in total. The third kappa shape index (κ3) is 6.71. The van der Waals surface area contributed by atoms with Crippen LogP contribution in [-0.4, -0.2) is 39.4 Å². The molecule has 0 aliphatic rings. The smallest absolute Gasteiger partial charge is 0.230 e. The van der Waals surface area contributed by atoms with Crippen molar-refractivity contribution in [3.05, 3.63) is 83.4 Å². The highest BCUT2D eigenvalue weighted by Gasteiger charge is 2.09. The quantitative estimate of drug-likeness (QED) is 0.287. The number of fused-ring (bicyclic) bond motifs is 1. The van der Waals surface area contributed by atoms with Gasteiger partial charge in [0.25, 0.3) is 0 Å². The highest BCUT2D eigenvalue weighted by molar-refractivity contribution is 7.99. The van der Waals surface area contributed by atoms with Crippen LogP contribution in [-0.2, 0) is 4.79 Å². The number of nitrogens with one attached hydrogen (secondary N) is 2. The minimum Gasteiger partial charge on any atom is -0.454 e. The van der Waals surface area contributed by atoms with Gasteiger partial charge >= 0.3 is 0 Å². The van der Waals surface area contributed by atoms with E-state index in [0.29, 0.717) is 34.6 Å². The number of ether oxygens (including phenoxy) is 1. The molecule has 0 radical (unpaired) electrons. The lowest BCUT2D eigenvalue weighted by atomic mass is 10.1. The molecule has 0 aliphatic heterocycles. The normalized spacial score (nSPS) is 11.1. The van der Waals surface area contributed by atoms with E-state index in [1.165, 1.54) is 18.1 Å². The molecule has 9 heteroatoms. The van der Waals surface area contributed by atoms with Gasteiger partial charge in [-0.2, -0.15) is 11.8 Å². The largest absolute Gasteiger partial charge is 0.454 e. The molecule has 0 atom stereocenters. The SMILES string of the molecule is CSCC(=O)NCC=Cc1ccc2ncnc(Nc3ccc(Oc4ccc(C)nc4)c(Cl)c3)c2c1. The van der Waals surface area contributed by atoms with Gasteiger partial charge < -0.3 is 15.4 Å². The zero-order chi connectivity index (χ0) is 24.6. The summed E-state index contributed by atoms with van der Waals surface area (Å²) in [5.74, 6) is 2.28. The molecule has 0 unspecified atom stereocenters. The predicted molar refractivity (Wildman–Crippen MR) is 144 cm³/mol. The average Bonchev–Trinajstić information content (AvgIpc) is 2.85. The number of amides is 1. The molecular weight excluding hydrogens is 482 g/mol. The van der Waals surface area contributed by atoms with E-state index in [1.54, 1.807) is 18.3 Å². The average molecular weight is 506 g/mol. The van der Waals surface area contributed by atoms with Crippen molar-refractivity contribution < 1.29 is 9.53 Å². The second kappa shape index (κ2) is 11.7. The molecule has 2 heterocycles. The van der Waals surface area contributed by atoms with Gasteiger partial charge in [-0.05, 0) is 61.2 Å². The Balaban J connectivity index is 1.49. The van der Waals surface area contributed by atoms with Crippen molar-refractivity contribution in [2.24, 2.45) is 0 Å². The van der Waals surface area contributed by atoms with E-state index >= 15 is 0 Å². The first-order valence-electron chi connectivity index (χ1n) is 10.9. The van der Waals surface area contributed by atoms with E-state index in [4.69, 9.17) is 16.3 Å². The van der Waals surface area contributed by atoms with E-state index in [0.717, 1.165) is 27.8 Å². The van der Waals surface area contributed by atoms with Gasteiger partial charge in [-0.25, -0.2) is 9.97 Å². The number of carbonyl (C=O) groups excluding carboxylic acids is 1. The van der Waals surface area contributed by atoms with Crippen molar-refractivity contribution >= 4 is 57.8 Å². The number of pyridine rings is 1. The van der Waals surface area contributed by atoms with Crippen molar-refractivity contribution in [3.63, 3.8) is 0 Å². The summed E-state index contributed by atoms with van der Waals surface area (Å²) in [6, 6.07) is 15.1. The summed E-state index contributed by atoms with van der Waals surface area (Å²) in [5.41, 5.74) is 3.47. The van der Waals surface area contributed by atoms with Crippen LogP contribution >= 0.6 is 23.4 Å². The molecule has 1 amide bonds. The molecule has 0 fully saturated rings. The number of thioether (sulfide) groups is 1. The van der Waals surface area contributed by atoms with Crippen LogP contribution in [0.3, 0.4) is 0 Å². The molecule has 0 saturated carbocycles. The minimum absolute atomic E-state index is 0.0196. The number of hydrogen-bond donors (Lipinski definition) is 2. The van der Waals surface area contributed by atoms with Gasteiger partial charge in [0.15, 0.2) is 0 Å². The van der Waals surface area contributed by atoms with Gasteiger partial charge in [0.2, 0.25) is 5.91 Å². The highest BCUT2D eigenvalue weighted by Crippen LogP contribution is 2.33. The fourth-order valence-electron chi connectivity index (χ4n) is 3.27. The lowest BCUT2D eigenvalue weighted by molar-refractivity contribution is -0.118. The van der Waals surface area contributed by atoms with Crippen LogP contribution in [0.25, 0.3) is 17.0 Å². The van der Waals surface area contributed by atoms with Gasteiger partial charge in [0, 0.05) is 23.3 Å². The Labute approximate surface area is 213 Å². The summed E-state index contributed by atoms with van der Waals surface area (Å²) in [6.45, 7) is 2.39. The molecule has 4 aromatic rings. The van der Waals surface area contributed by atoms with E-state index in [-0.39, 0.29) is 5.91 Å². The van der Waals surface area contributed by atoms with Crippen LogP contribution in [0.2, 0.25) is 5.02 Å². The van der Waals surface area contributed by atoms with Crippen LogP contribution in [0.5, 0.6) is 11.5 Å². The summed E-state index contributed by atoms with van der Waals surface area (Å²) in [7, 11) is 0. The molecule has 2 aromatic carbocycles. The Morgan fingerprint density at radius 1 is 1.11 bits per heavy atom. The predicted octanol–water partition coefficient (Wildman–Crippen LogP) is 6.01. The standard InChI is InChI=1S/C26H24ClN5O2S/c1-17-5-8-20(14-29-17)34-24-10-7-19(13-22(24)27)32-26-21-12-18(6-9-23(21)30-16-31-26)4-3-11-28-25(33)15-35-2/h3-10,12-14,16H,11,15H2,1-2H3,(H,28,33)(H,30,31,32). The molecule has 0 spiro atoms. The number of rotatable bonds is 9. The maximum absolute atomic E-state index is 11.6. The summed E-state index contributed by atoms with van der Waals surface area (Å²) in [6.07, 6.45) is 8.95. The second-order valence-corrected chi connectivity index (χ2v) is 8.92. The van der Waals surface area contributed by atoms with Gasteiger partial charge in [0.1, 0.15) is 23.6 Å². The number of carbonyl (C=O) groups is 1.